The van der Waals surface area contributed by atoms with Crippen LogP contribution >= 0.6 is 0 Å². The highest BCUT2D eigenvalue weighted by atomic mass is 16.5. The standard InChI is InChI=1S/C14H13N5O2.C10H11NO2/c1-19-11-6-8(3-5-10(11)13(15)18-19)2-4-9-7-12(20)17-14(21)16-9;1-11-6-7-3-4-8(13-2)5-9(7)10(11)12/h3,5-6,9H,7H2,1H3,(H2,15,18)(H2,16,17,20,21);3-5H,6H2,1-2H3. The molecule has 0 aliphatic carbocycles. The number of carbonyl (C=O) groups is 3. The van der Waals surface area contributed by atoms with Crippen LogP contribution in [0.5, 0.6) is 5.75 Å². The molecule has 34 heavy (non-hydrogen) atoms. The van der Waals surface area contributed by atoms with Crippen molar-refractivity contribution in [1.82, 2.24) is 25.3 Å². The number of methoxy groups -OCH3 is 1. The minimum Gasteiger partial charge on any atom is -0.497 e. The first-order valence-electron chi connectivity index (χ1n) is 10.5. The first-order valence-corrected chi connectivity index (χ1v) is 10.5. The minimum absolute atomic E-state index is 0.0777. The Bertz CT molecular complexity index is 1350. The maximum absolute atomic E-state index is 11.5. The van der Waals surface area contributed by atoms with E-state index in [1.807, 2.05) is 37.4 Å². The summed E-state index contributed by atoms with van der Waals surface area (Å²) in [4.78, 5) is 35.7. The van der Waals surface area contributed by atoms with E-state index >= 15 is 0 Å². The van der Waals surface area contributed by atoms with Gasteiger partial charge in [0, 0.05) is 37.2 Å². The van der Waals surface area contributed by atoms with Gasteiger partial charge >= 0.3 is 6.03 Å². The molecular weight excluding hydrogens is 436 g/mol. The molecule has 1 atom stereocenters. The van der Waals surface area contributed by atoms with E-state index in [9.17, 15) is 14.4 Å². The van der Waals surface area contributed by atoms with Crippen molar-refractivity contribution in [3.05, 3.63) is 53.1 Å². The zero-order chi connectivity index (χ0) is 24.4. The third-order valence-electron chi connectivity index (χ3n) is 5.52. The molecule has 10 heteroatoms. The van der Waals surface area contributed by atoms with E-state index in [0.717, 1.165) is 33.3 Å². The van der Waals surface area contributed by atoms with E-state index < -0.39 is 12.1 Å². The second kappa shape index (κ2) is 9.15. The molecule has 3 heterocycles. The van der Waals surface area contributed by atoms with Gasteiger partial charge in [-0.25, -0.2) is 4.79 Å². The third kappa shape index (κ3) is 4.63. The van der Waals surface area contributed by atoms with Crippen molar-refractivity contribution in [2.24, 2.45) is 7.05 Å². The van der Waals surface area contributed by atoms with Gasteiger partial charge in [0.05, 0.1) is 19.0 Å². The SMILES string of the molecule is COc1ccc2c(c1)C(=O)N(C)C2.Cn1nc(N)c2ccc(C#CC3CC(=O)NC(=O)N3)cc21. The number of nitrogen functional groups attached to an aromatic ring is 1. The lowest BCUT2D eigenvalue weighted by Gasteiger charge is -2.18. The topological polar surface area (TPSA) is 132 Å². The predicted molar refractivity (Wildman–Crippen MR) is 126 cm³/mol. The fraction of sp³-hybridized carbons (Fsp3) is 0.250. The zero-order valence-electron chi connectivity index (χ0n) is 19.0. The molecule has 10 nitrogen and oxygen atoms in total. The summed E-state index contributed by atoms with van der Waals surface area (Å²) >= 11 is 0. The molecule has 0 radical (unpaired) electrons. The number of aryl methyl sites for hydroxylation is 1. The van der Waals surface area contributed by atoms with Gasteiger partial charge in [0.15, 0.2) is 5.82 Å². The summed E-state index contributed by atoms with van der Waals surface area (Å²) in [5.41, 5.74) is 9.28. The average molecular weight is 460 g/mol. The molecule has 1 saturated heterocycles. The molecule has 2 aromatic carbocycles. The molecule has 0 saturated carbocycles. The normalized spacial score (nSPS) is 16.6. The smallest absolute Gasteiger partial charge is 0.322 e. The van der Waals surface area contributed by atoms with Gasteiger partial charge in [-0.3, -0.25) is 19.6 Å². The number of hydrogen-bond donors (Lipinski definition) is 3. The van der Waals surface area contributed by atoms with Crippen LogP contribution < -0.4 is 21.1 Å². The predicted octanol–water partition coefficient (Wildman–Crippen LogP) is 1.39. The van der Waals surface area contributed by atoms with E-state index in [0.29, 0.717) is 12.4 Å². The summed E-state index contributed by atoms with van der Waals surface area (Å²) in [5, 5.41) is 9.75. The van der Waals surface area contributed by atoms with Crippen molar-refractivity contribution in [3.63, 3.8) is 0 Å². The molecule has 5 rings (SSSR count). The molecule has 4 amide bonds. The lowest BCUT2D eigenvalue weighted by atomic mass is 10.1. The Labute approximate surface area is 196 Å². The van der Waals surface area contributed by atoms with Gasteiger partial charge in [0.2, 0.25) is 5.91 Å². The van der Waals surface area contributed by atoms with Crippen LogP contribution in [0.15, 0.2) is 36.4 Å². The molecule has 0 bridgehead atoms. The molecule has 174 valence electrons. The summed E-state index contributed by atoms with van der Waals surface area (Å²) in [6, 6.07) is 10.2. The Morgan fingerprint density at radius 3 is 2.68 bits per heavy atom. The Kier molecular flexibility index (Phi) is 6.10. The number of amides is 4. The Morgan fingerprint density at radius 1 is 1.15 bits per heavy atom. The lowest BCUT2D eigenvalue weighted by Crippen LogP contribution is -2.51. The van der Waals surface area contributed by atoms with E-state index in [4.69, 9.17) is 10.5 Å². The molecule has 4 N–H and O–H groups in total. The summed E-state index contributed by atoms with van der Waals surface area (Å²) in [6.45, 7) is 0.707. The number of benzene rings is 2. The van der Waals surface area contributed by atoms with E-state index in [2.05, 4.69) is 27.6 Å². The largest absolute Gasteiger partial charge is 0.497 e. The number of ether oxygens (including phenoxy) is 1. The maximum atomic E-state index is 11.5. The van der Waals surface area contributed by atoms with Crippen molar-refractivity contribution in [1.29, 1.82) is 0 Å². The number of nitrogens with two attached hydrogens (primary N) is 1. The van der Waals surface area contributed by atoms with Crippen LogP contribution in [-0.2, 0) is 18.4 Å². The number of carbonyl (C=O) groups excluding carboxylic acids is 3. The van der Waals surface area contributed by atoms with E-state index in [1.54, 1.807) is 29.8 Å². The number of rotatable bonds is 1. The molecule has 3 aromatic rings. The Balaban J connectivity index is 0.000000180. The zero-order valence-corrected chi connectivity index (χ0v) is 19.0. The fourth-order valence-corrected chi connectivity index (χ4v) is 3.78. The van der Waals surface area contributed by atoms with Gasteiger partial charge in [-0.05, 0) is 35.9 Å². The quantitative estimate of drug-likeness (QED) is 0.470. The molecule has 2 aliphatic heterocycles. The van der Waals surface area contributed by atoms with Gasteiger partial charge in [-0.2, -0.15) is 5.10 Å². The number of nitrogens with one attached hydrogen (secondary N) is 2. The molecule has 1 aromatic heterocycles. The van der Waals surface area contributed by atoms with Gasteiger partial charge in [-0.15, -0.1) is 0 Å². The van der Waals surface area contributed by atoms with Crippen LogP contribution in [0.25, 0.3) is 10.9 Å². The van der Waals surface area contributed by atoms with Gasteiger partial charge in [-0.1, -0.05) is 17.9 Å². The summed E-state index contributed by atoms with van der Waals surface area (Å²) in [6.07, 6.45) is 0.152. The van der Waals surface area contributed by atoms with Crippen LogP contribution in [0, 0.1) is 11.8 Å². The lowest BCUT2D eigenvalue weighted by molar-refractivity contribution is -0.120. The summed E-state index contributed by atoms with van der Waals surface area (Å²) in [5.74, 6) is 6.81. The first kappa shape index (κ1) is 22.7. The van der Waals surface area contributed by atoms with Crippen LogP contribution in [-0.4, -0.2) is 52.7 Å². The molecule has 0 spiro atoms. The number of aromatic nitrogens is 2. The summed E-state index contributed by atoms with van der Waals surface area (Å²) in [7, 11) is 5.21. The van der Waals surface area contributed by atoms with E-state index in [-0.39, 0.29) is 18.2 Å². The van der Waals surface area contributed by atoms with Crippen LogP contribution in [0.4, 0.5) is 10.6 Å². The van der Waals surface area contributed by atoms with E-state index in [1.165, 1.54) is 0 Å². The second-order valence-electron chi connectivity index (χ2n) is 7.97. The highest BCUT2D eigenvalue weighted by Gasteiger charge is 2.24. The van der Waals surface area contributed by atoms with Gasteiger partial charge < -0.3 is 20.7 Å². The maximum Gasteiger partial charge on any atom is 0.322 e. The second-order valence-corrected chi connectivity index (χ2v) is 7.97. The molecule has 2 aliphatic rings. The highest BCUT2D eigenvalue weighted by Crippen LogP contribution is 2.25. The van der Waals surface area contributed by atoms with Crippen molar-refractivity contribution < 1.29 is 19.1 Å². The van der Waals surface area contributed by atoms with Crippen LogP contribution in [0.3, 0.4) is 0 Å². The average Bonchev–Trinajstić information content (AvgIpc) is 3.26. The van der Waals surface area contributed by atoms with Crippen molar-refractivity contribution >= 4 is 34.6 Å². The number of nitrogens with zero attached hydrogens (tertiary/aromatic N) is 3. The minimum atomic E-state index is -0.514. The number of hydrogen-bond acceptors (Lipinski definition) is 6. The number of anilines is 1. The van der Waals surface area contributed by atoms with Crippen molar-refractivity contribution in [2.75, 3.05) is 19.9 Å². The van der Waals surface area contributed by atoms with Crippen LogP contribution in [0.2, 0.25) is 0 Å². The van der Waals surface area contributed by atoms with Crippen LogP contribution in [0.1, 0.15) is 27.9 Å². The third-order valence-corrected chi connectivity index (χ3v) is 5.52. The Morgan fingerprint density at radius 2 is 1.94 bits per heavy atom. The molecule has 1 fully saturated rings. The monoisotopic (exact) mass is 460 g/mol. The number of urea groups is 1. The first-order chi connectivity index (χ1) is 16.2. The van der Waals surface area contributed by atoms with Crippen molar-refractivity contribution in [2.45, 2.75) is 19.0 Å². The number of fused-ring (bicyclic) bond motifs is 2. The highest BCUT2D eigenvalue weighted by molar-refractivity contribution is 5.98. The molecule has 1 unspecified atom stereocenters. The fourth-order valence-electron chi connectivity index (χ4n) is 3.78. The molecular formula is C24H24N6O4. The Hall–Kier alpha value is -4.52. The van der Waals surface area contributed by atoms with Gasteiger partial charge in [0.25, 0.3) is 5.91 Å². The van der Waals surface area contributed by atoms with Gasteiger partial charge in [0.1, 0.15) is 11.8 Å². The number of imide groups is 1. The summed E-state index contributed by atoms with van der Waals surface area (Å²) < 4.78 is 6.74. The van der Waals surface area contributed by atoms with Crippen molar-refractivity contribution in [3.8, 4) is 17.6 Å².